The van der Waals surface area contributed by atoms with E-state index in [1.54, 1.807) is 26.0 Å². The maximum atomic E-state index is 12.6. The molecule has 0 saturated heterocycles. The van der Waals surface area contributed by atoms with Crippen molar-refractivity contribution in [2.75, 3.05) is 7.11 Å². The highest BCUT2D eigenvalue weighted by Crippen LogP contribution is 2.35. The number of carbonyl (C=O) groups is 2. The summed E-state index contributed by atoms with van der Waals surface area (Å²) in [6.45, 7) is 6.16. The lowest BCUT2D eigenvalue weighted by Gasteiger charge is -2.35. The number of aromatic hydroxyl groups is 1. The zero-order valence-electron chi connectivity index (χ0n) is 13.8. The molecule has 0 amide bonds. The van der Waals surface area contributed by atoms with Crippen LogP contribution in [0.3, 0.4) is 0 Å². The SMILES string of the molecule is CO[C@@]1(C)C(=O)C(Oc2cc(C)cc(O)c2C)=C(C)C(=O)[C@@H]1O. The van der Waals surface area contributed by atoms with Gasteiger partial charge in [0.15, 0.2) is 23.2 Å². The van der Waals surface area contributed by atoms with E-state index in [-0.39, 0.29) is 22.8 Å². The van der Waals surface area contributed by atoms with Crippen LogP contribution in [0.4, 0.5) is 0 Å². The number of aliphatic hydroxyl groups excluding tert-OH is 1. The first kappa shape index (κ1) is 17.2. The molecule has 1 aliphatic carbocycles. The molecule has 124 valence electrons. The van der Waals surface area contributed by atoms with E-state index in [9.17, 15) is 19.8 Å². The third-order valence-electron chi connectivity index (χ3n) is 4.25. The van der Waals surface area contributed by atoms with Gasteiger partial charge in [0, 0.05) is 18.2 Å². The van der Waals surface area contributed by atoms with Gasteiger partial charge in [-0.1, -0.05) is 0 Å². The molecule has 0 unspecified atom stereocenters. The fourth-order valence-electron chi connectivity index (χ4n) is 2.44. The van der Waals surface area contributed by atoms with Crippen molar-refractivity contribution >= 4 is 11.6 Å². The Labute approximate surface area is 134 Å². The van der Waals surface area contributed by atoms with Gasteiger partial charge in [0.2, 0.25) is 5.78 Å². The molecule has 6 nitrogen and oxygen atoms in total. The zero-order valence-corrected chi connectivity index (χ0v) is 13.8. The number of rotatable bonds is 3. The van der Waals surface area contributed by atoms with Gasteiger partial charge in [-0.05, 0) is 45.4 Å². The van der Waals surface area contributed by atoms with Crippen molar-refractivity contribution < 1.29 is 29.3 Å². The topological polar surface area (TPSA) is 93.1 Å². The minimum atomic E-state index is -1.70. The van der Waals surface area contributed by atoms with Gasteiger partial charge >= 0.3 is 0 Å². The third kappa shape index (κ3) is 2.64. The number of benzene rings is 1. The average Bonchev–Trinajstić information content (AvgIpc) is 2.52. The Bertz CT molecular complexity index is 718. The summed E-state index contributed by atoms with van der Waals surface area (Å²) >= 11 is 0. The summed E-state index contributed by atoms with van der Waals surface area (Å²) in [5.74, 6) is -1.13. The summed E-state index contributed by atoms with van der Waals surface area (Å²) in [4.78, 5) is 24.8. The predicted octanol–water partition coefficient (Wildman–Crippen LogP) is 1.58. The highest BCUT2D eigenvalue weighted by molar-refractivity contribution is 6.16. The molecular weight excluding hydrogens is 300 g/mol. The van der Waals surface area contributed by atoms with Crippen LogP contribution in [0.2, 0.25) is 0 Å². The molecule has 2 atom stereocenters. The van der Waals surface area contributed by atoms with Gasteiger partial charge in [-0.15, -0.1) is 0 Å². The molecule has 2 N–H and O–H groups in total. The van der Waals surface area contributed by atoms with E-state index in [2.05, 4.69) is 0 Å². The van der Waals surface area contributed by atoms with Crippen LogP contribution in [-0.2, 0) is 14.3 Å². The second kappa shape index (κ2) is 5.79. The first-order valence-electron chi connectivity index (χ1n) is 7.14. The number of ketones is 2. The molecule has 0 bridgehead atoms. The van der Waals surface area contributed by atoms with E-state index in [1.165, 1.54) is 21.0 Å². The van der Waals surface area contributed by atoms with Crippen LogP contribution >= 0.6 is 0 Å². The van der Waals surface area contributed by atoms with Crippen molar-refractivity contribution in [2.45, 2.75) is 39.4 Å². The third-order valence-corrected chi connectivity index (χ3v) is 4.25. The lowest BCUT2D eigenvalue weighted by atomic mass is 9.81. The Morgan fingerprint density at radius 2 is 1.78 bits per heavy atom. The van der Waals surface area contributed by atoms with E-state index in [1.807, 2.05) is 0 Å². The van der Waals surface area contributed by atoms with E-state index in [0.29, 0.717) is 5.56 Å². The van der Waals surface area contributed by atoms with Crippen LogP contribution in [0.5, 0.6) is 11.5 Å². The van der Waals surface area contributed by atoms with E-state index >= 15 is 0 Å². The van der Waals surface area contributed by atoms with Crippen molar-refractivity contribution in [2.24, 2.45) is 0 Å². The minimum absolute atomic E-state index is 0.0254. The highest BCUT2D eigenvalue weighted by atomic mass is 16.5. The van der Waals surface area contributed by atoms with Crippen molar-refractivity contribution in [3.05, 3.63) is 34.6 Å². The molecule has 23 heavy (non-hydrogen) atoms. The fraction of sp³-hybridized carbons (Fsp3) is 0.412. The van der Waals surface area contributed by atoms with Crippen LogP contribution in [0.1, 0.15) is 25.0 Å². The molecule has 0 aromatic heterocycles. The first-order chi connectivity index (χ1) is 10.6. The smallest absolute Gasteiger partial charge is 0.232 e. The Morgan fingerprint density at radius 3 is 2.35 bits per heavy atom. The number of aliphatic hydroxyl groups is 1. The van der Waals surface area contributed by atoms with E-state index < -0.39 is 23.3 Å². The average molecular weight is 320 g/mol. The molecule has 0 fully saturated rings. The molecular formula is C17H20O6. The number of Topliss-reactive ketones (excluding diaryl/α,β-unsaturated/α-hetero) is 2. The maximum absolute atomic E-state index is 12.6. The second-order valence-electron chi connectivity index (χ2n) is 5.87. The van der Waals surface area contributed by atoms with Crippen LogP contribution in [0.25, 0.3) is 0 Å². The summed E-state index contributed by atoms with van der Waals surface area (Å²) < 4.78 is 10.7. The maximum Gasteiger partial charge on any atom is 0.232 e. The molecule has 1 aliphatic rings. The number of phenolic OH excluding ortho intramolecular Hbond substituents is 1. The molecule has 0 heterocycles. The van der Waals surface area contributed by atoms with E-state index in [0.717, 1.165) is 5.56 Å². The van der Waals surface area contributed by atoms with E-state index in [4.69, 9.17) is 9.47 Å². The molecule has 2 rings (SSSR count). The lowest BCUT2D eigenvalue weighted by Crippen LogP contribution is -2.57. The molecule has 6 heteroatoms. The van der Waals surface area contributed by atoms with Gasteiger partial charge in [-0.2, -0.15) is 0 Å². The summed E-state index contributed by atoms with van der Waals surface area (Å²) in [5, 5.41) is 19.9. The highest BCUT2D eigenvalue weighted by Gasteiger charge is 2.52. The molecule has 1 aromatic carbocycles. The van der Waals surface area contributed by atoms with Crippen LogP contribution in [0.15, 0.2) is 23.5 Å². The normalized spacial score (nSPS) is 25.0. The number of methoxy groups -OCH3 is 1. The Hall–Kier alpha value is -2.18. The fourth-order valence-corrected chi connectivity index (χ4v) is 2.44. The van der Waals surface area contributed by atoms with Gasteiger partial charge in [-0.25, -0.2) is 0 Å². The molecule has 1 aromatic rings. The van der Waals surface area contributed by atoms with Crippen LogP contribution < -0.4 is 4.74 Å². The van der Waals surface area contributed by atoms with Crippen LogP contribution in [-0.4, -0.2) is 40.6 Å². The molecule has 0 radical (unpaired) electrons. The predicted molar refractivity (Wildman–Crippen MR) is 82.3 cm³/mol. The number of hydrogen-bond donors (Lipinski definition) is 2. The largest absolute Gasteiger partial charge is 0.508 e. The number of ether oxygens (including phenoxy) is 2. The van der Waals surface area contributed by atoms with Crippen molar-refractivity contribution in [1.82, 2.24) is 0 Å². The Kier molecular flexibility index (Phi) is 4.32. The van der Waals surface area contributed by atoms with Gasteiger partial charge in [0.05, 0.1) is 0 Å². The minimum Gasteiger partial charge on any atom is -0.508 e. The molecule has 0 spiro atoms. The quantitative estimate of drug-likeness (QED) is 0.878. The number of hydrogen-bond acceptors (Lipinski definition) is 6. The summed E-state index contributed by atoms with van der Waals surface area (Å²) in [6, 6.07) is 3.22. The zero-order chi connectivity index (χ0) is 17.5. The van der Waals surface area contributed by atoms with Gasteiger partial charge in [-0.3, -0.25) is 9.59 Å². The number of carbonyl (C=O) groups excluding carboxylic acids is 2. The lowest BCUT2D eigenvalue weighted by molar-refractivity contribution is -0.161. The first-order valence-corrected chi connectivity index (χ1v) is 7.14. The monoisotopic (exact) mass is 320 g/mol. The van der Waals surface area contributed by atoms with Gasteiger partial charge in [0.25, 0.3) is 0 Å². The van der Waals surface area contributed by atoms with Gasteiger partial charge < -0.3 is 19.7 Å². The summed E-state index contributed by atoms with van der Waals surface area (Å²) in [6.07, 6.45) is -1.58. The standard InChI is InChI=1S/C17H20O6/c1-8-6-11(18)9(2)12(7-8)23-14-10(3)13(19)15(20)17(4,22-5)16(14)21/h6-7,15,18,20H,1-5H3/t15-,17+/m0/s1. The molecule has 0 saturated carbocycles. The van der Waals surface area contributed by atoms with Crippen molar-refractivity contribution in [3.63, 3.8) is 0 Å². The van der Waals surface area contributed by atoms with Crippen molar-refractivity contribution in [3.8, 4) is 11.5 Å². The van der Waals surface area contributed by atoms with Crippen molar-refractivity contribution in [1.29, 1.82) is 0 Å². The summed E-state index contributed by atoms with van der Waals surface area (Å²) in [5.41, 5.74) is -0.490. The second-order valence-corrected chi connectivity index (χ2v) is 5.87. The number of aryl methyl sites for hydroxylation is 1. The number of phenols is 1. The van der Waals surface area contributed by atoms with Crippen LogP contribution in [0, 0.1) is 13.8 Å². The molecule has 0 aliphatic heterocycles. The summed E-state index contributed by atoms with van der Waals surface area (Å²) in [7, 11) is 1.25. The Balaban J connectivity index is 2.54. The van der Waals surface area contributed by atoms with Gasteiger partial charge in [0.1, 0.15) is 11.5 Å². The Morgan fingerprint density at radius 1 is 1.17 bits per heavy atom.